The van der Waals surface area contributed by atoms with Crippen LogP contribution in [0.2, 0.25) is 0 Å². The zero-order valence-corrected chi connectivity index (χ0v) is 17.4. The number of carbonyl (C=O) groups excluding carboxylic acids is 2. The quantitative estimate of drug-likeness (QED) is 0.524. The lowest BCUT2D eigenvalue weighted by atomic mass is 10.1. The van der Waals surface area contributed by atoms with Crippen LogP contribution >= 0.6 is 0 Å². The number of rotatable bonds is 7. The molecule has 0 aliphatic carbocycles. The van der Waals surface area contributed by atoms with Crippen molar-refractivity contribution in [2.45, 2.75) is 46.5 Å². The Morgan fingerprint density at radius 1 is 1.26 bits per heavy atom. The highest BCUT2D eigenvalue weighted by Gasteiger charge is 2.34. The Morgan fingerprint density at radius 3 is 2.39 bits per heavy atom. The van der Waals surface area contributed by atoms with Gasteiger partial charge in [0, 0.05) is 6.04 Å². The minimum atomic E-state index is -4.65. The van der Waals surface area contributed by atoms with Crippen molar-refractivity contribution < 1.29 is 27.7 Å². The molecule has 0 aliphatic heterocycles. The summed E-state index contributed by atoms with van der Waals surface area (Å²) in [7, 11) is 0. The number of nitrogens with zero attached hydrogens (tertiary/aromatic N) is 4. The van der Waals surface area contributed by atoms with Crippen LogP contribution in [-0.4, -0.2) is 44.0 Å². The number of carbonyl (C=O) groups is 2. The van der Waals surface area contributed by atoms with Gasteiger partial charge in [-0.25, -0.2) is 0 Å². The molecule has 0 spiro atoms. The van der Waals surface area contributed by atoms with Crippen molar-refractivity contribution in [1.29, 1.82) is 0 Å². The average Bonchev–Trinajstić information content (AvgIpc) is 2.92. The van der Waals surface area contributed by atoms with Crippen LogP contribution in [0.1, 0.15) is 30.8 Å². The SMILES string of the molecule is Cc1nn(CC(=O)N(CC(=O)Nc2ccccc2C(F)(F)F)C(C)C)c(C)c1[N+](=O)[O-]. The maximum Gasteiger partial charge on any atom is 0.418 e. The van der Waals surface area contributed by atoms with E-state index in [4.69, 9.17) is 0 Å². The number of aryl methyl sites for hydroxylation is 1. The van der Waals surface area contributed by atoms with Crippen LogP contribution in [0.15, 0.2) is 24.3 Å². The van der Waals surface area contributed by atoms with Gasteiger partial charge in [0.25, 0.3) is 0 Å². The van der Waals surface area contributed by atoms with Crippen LogP contribution < -0.4 is 5.32 Å². The molecule has 1 heterocycles. The fourth-order valence-corrected chi connectivity index (χ4v) is 3.07. The van der Waals surface area contributed by atoms with Gasteiger partial charge in [0.2, 0.25) is 11.8 Å². The second-order valence-electron chi connectivity index (χ2n) is 7.14. The van der Waals surface area contributed by atoms with E-state index in [-0.39, 0.29) is 23.6 Å². The van der Waals surface area contributed by atoms with Crippen molar-refractivity contribution in [3.05, 3.63) is 51.3 Å². The van der Waals surface area contributed by atoms with Gasteiger partial charge >= 0.3 is 11.9 Å². The van der Waals surface area contributed by atoms with E-state index in [0.29, 0.717) is 0 Å². The molecule has 1 aromatic carbocycles. The molecule has 12 heteroatoms. The van der Waals surface area contributed by atoms with Crippen molar-refractivity contribution >= 4 is 23.2 Å². The Labute approximate surface area is 176 Å². The van der Waals surface area contributed by atoms with E-state index in [0.717, 1.165) is 17.0 Å². The van der Waals surface area contributed by atoms with Crippen molar-refractivity contribution in [3.8, 4) is 0 Å². The number of anilines is 1. The summed E-state index contributed by atoms with van der Waals surface area (Å²) in [5.74, 6) is -1.37. The van der Waals surface area contributed by atoms with Crippen molar-refractivity contribution in [1.82, 2.24) is 14.7 Å². The second-order valence-corrected chi connectivity index (χ2v) is 7.14. The van der Waals surface area contributed by atoms with Gasteiger partial charge in [-0.3, -0.25) is 24.4 Å². The van der Waals surface area contributed by atoms with Gasteiger partial charge in [-0.1, -0.05) is 12.1 Å². The van der Waals surface area contributed by atoms with E-state index in [9.17, 15) is 32.9 Å². The van der Waals surface area contributed by atoms with Gasteiger partial charge in [-0.15, -0.1) is 0 Å². The molecule has 0 saturated carbocycles. The molecule has 168 valence electrons. The third-order valence-corrected chi connectivity index (χ3v) is 4.58. The normalized spacial score (nSPS) is 11.5. The first kappa shape index (κ1) is 23.8. The molecule has 0 bridgehead atoms. The predicted octanol–water partition coefficient (Wildman–Crippen LogP) is 3.30. The molecule has 0 saturated heterocycles. The zero-order valence-electron chi connectivity index (χ0n) is 17.4. The molecule has 0 atom stereocenters. The highest BCUT2D eigenvalue weighted by molar-refractivity contribution is 5.95. The summed E-state index contributed by atoms with van der Waals surface area (Å²) in [6.45, 7) is 5.32. The van der Waals surface area contributed by atoms with Gasteiger partial charge in [-0.2, -0.15) is 18.3 Å². The Bertz CT molecular complexity index is 1000. The van der Waals surface area contributed by atoms with E-state index in [1.807, 2.05) is 0 Å². The van der Waals surface area contributed by atoms with E-state index < -0.39 is 46.8 Å². The van der Waals surface area contributed by atoms with E-state index in [1.165, 1.54) is 30.7 Å². The number of alkyl halides is 3. The predicted molar refractivity (Wildman–Crippen MR) is 105 cm³/mol. The summed E-state index contributed by atoms with van der Waals surface area (Å²) < 4.78 is 40.5. The van der Waals surface area contributed by atoms with Gasteiger partial charge in [-0.05, 0) is 39.8 Å². The number of nitrogens with one attached hydrogen (secondary N) is 1. The fraction of sp³-hybridized carbons (Fsp3) is 0.421. The summed E-state index contributed by atoms with van der Waals surface area (Å²) in [6, 6.07) is 4.07. The monoisotopic (exact) mass is 441 g/mol. The molecule has 0 aliphatic rings. The standard InChI is InChI=1S/C19H22F3N5O4/c1-11(2)25(17(29)10-26-13(4)18(27(30)31)12(3)24-26)9-16(28)23-15-8-6-5-7-14(15)19(20,21)22/h5-8,11H,9-10H2,1-4H3,(H,23,28). The number of para-hydroxylation sites is 1. The molecule has 1 aromatic heterocycles. The topological polar surface area (TPSA) is 110 Å². The van der Waals surface area contributed by atoms with Crippen molar-refractivity contribution in [3.63, 3.8) is 0 Å². The Morgan fingerprint density at radius 2 is 1.87 bits per heavy atom. The minimum absolute atomic E-state index is 0.146. The van der Waals surface area contributed by atoms with Crippen LogP contribution in [0, 0.1) is 24.0 Å². The van der Waals surface area contributed by atoms with Gasteiger partial charge < -0.3 is 10.2 Å². The lowest BCUT2D eigenvalue weighted by Crippen LogP contribution is -2.44. The van der Waals surface area contributed by atoms with Crippen LogP contribution in [0.25, 0.3) is 0 Å². The molecule has 2 aromatic rings. The maximum atomic E-state index is 13.1. The van der Waals surface area contributed by atoms with Crippen molar-refractivity contribution in [2.24, 2.45) is 0 Å². The first-order valence-electron chi connectivity index (χ1n) is 9.26. The Hall–Kier alpha value is -3.44. The number of benzene rings is 1. The van der Waals surface area contributed by atoms with Gasteiger partial charge in [0.1, 0.15) is 24.5 Å². The van der Waals surface area contributed by atoms with Crippen LogP contribution in [0.5, 0.6) is 0 Å². The smallest absolute Gasteiger partial charge is 0.329 e. The van der Waals surface area contributed by atoms with E-state index >= 15 is 0 Å². The van der Waals surface area contributed by atoms with Crippen LogP contribution in [0.4, 0.5) is 24.5 Å². The third-order valence-electron chi connectivity index (χ3n) is 4.58. The van der Waals surface area contributed by atoms with Crippen molar-refractivity contribution in [2.75, 3.05) is 11.9 Å². The van der Waals surface area contributed by atoms with Gasteiger partial charge in [0.15, 0.2) is 0 Å². The molecular formula is C19H22F3N5O4. The Kier molecular flexibility index (Phi) is 7.03. The third kappa shape index (κ3) is 5.58. The largest absolute Gasteiger partial charge is 0.418 e. The molecule has 31 heavy (non-hydrogen) atoms. The number of hydrogen-bond donors (Lipinski definition) is 1. The first-order valence-corrected chi connectivity index (χ1v) is 9.26. The van der Waals surface area contributed by atoms with Crippen LogP contribution in [0.3, 0.4) is 0 Å². The summed E-state index contributed by atoms with van der Waals surface area (Å²) in [6.07, 6.45) is -4.65. The molecule has 2 rings (SSSR count). The molecule has 0 unspecified atom stereocenters. The number of aromatic nitrogens is 2. The molecule has 9 nitrogen and oxygen atoms in total. The fourth-order valence-electron chi connectivity index (χ4n) is 3.07. The van der Waals surface area contributed by atoms with E-state index in [1.54, 1.807) is 13.8 Å². The highest BCUT2D eigenvalue weighted by atomic mass is 19.4. The number of hydrogen-bond acceptors (Lipinski definition) is 5. The highest BCUT2D eigenvalue weighted by Crippen LogP contribution is 2.34. The molecule has 0 radical (unpaired) electrons. The Balaban J connectivity index is 2.17. The second kappa shape index (κ2) is 9.14. The number of nitro groups is 1. The van der Waals surface area contributed by atoms with Crippen LogP contribution in [-0.2, 0) is 22.3 Å². The molecule has 2 amide bonds. The number of amides is 2. The maximum absolute atomic E-state index is 13.1. The molecular weight excluding hydrogens is 419 g/mol. The minimum Gasteiger partial charge on any atom is -0.329 e. The average molecular weight is 441 g/mol. The summed E-state index contributed by atoms with van der Waals surface area (Å²) in [4.78, 5) is 36.8. The molecule has 1 N–H and O–H groups in total. The lowest BCUT2D eigenvalue weighted by Gasteiger charge is -2.26. The zero-order chi connectivity index (χ0) is 23.5. The van der Waals surface area contributed by atoms with E-state index in [2.05, 4.69) is 10.4 Å². The van der Waals surface area contributed by atoms with Gasteiger partial charge in [0.05, 0.1) is 16.2 Å². The molecule has 0 fully saturated rings. The summed E-state index contributed by atoms with van der Waals surface area (Å²) in [5.41, 5.74) is -1.28. The lowest BCUT2D eigenvalue weighted by molar-refractivity contribution is -0.386. The number of halogens is 3. The summed E-state index contributed by atoms with van der Waals surface area (Å²) in [5, 5.41) is 17.3. The summed E-state index contributed by atoms with van der Waals surface area (Å²) >= 11 is 0. The first-order chi connectivity index (χ1) is 14.3.